The van der Waals surface area contributed by atoms with E-state index < -0.39 is 36.0 Å². The minimum absolute atomic E-state index is 0.0985. The van der Waals surface area contributed by atoms with Gasteiger partial charge in [-0.25, -0.2) is 4.79 Å². The summed E-state index contributed by atoms with van der Waals surface area (Å²) in [7, 11) is 2.81. The van der Waals surface area contributed by atoms with Crippen molar-refractivity contribution in [2.45, 2.75) is 30.7 Å². The molecule has 0 radical (unpaired) electrons. The molecule has 18 heavy (non-hydrogen) atoms. The molecule has 1 saturated heterocycles. The number of hydrogen-bond donors (Lipinski definition) is 2. The molecule has 0 bridgehead atoms. The highest BCUT2D eigenvalue weighted by molar-refractivity contribution is 8.12. The van der Waals surface area contributed by atoms with Crippen LogP contribution in [-0.4, -0.2) is 73.3 Å². The third-order valence-corrected chi connectivity index (χ3v) is 3.04. The van der Waals surface area contributed by atoms with Crippen molar-refractivity contribution < 1.29 is 34.0 Å². The summed E-state index contributed by atoms with van der Waals surface area (Å²) in [5.74, 6) is 0. The van der Waals surface area contributed by atoms with Gasteiger partial charge in [-0.3, -0.25) is 0 Å². The molecule has 1 aliphatic rings. The van der Waals surface area contributed by atoms with Crippen LogP contribution >= 0.6 is 11.8 Å². The molecule has 2 N–H and O–H groups in total. The summed E-state index contributed by atoms with van der Waals surface area (Å²) in [6, 6.07) is 0. The zero-order valence-electron chi connectivity index (χ0n) is 10.4. The van der Waals surface area contributed by atoms with Crippen molar-refractivity contribution in [3.8, 4) is 0 Å². The Hall–Kier alpha value is -0.380. The van der Waals surface area contributed by atoms with Gasteiger partial charge in [0.25, 0.3) is 0 Å². The molecule has 1 aliphatic heterocycles. The van der Waals surface area contributed by atoms with E-state index in [-0.39, 0.29) is 6.61 Å². The van der Waals surface area contributed by atoms with Crippen LogP contribution in [0.15, 0.2) is 0 Å². The summed E-state index contributed by atoms with van der Waals surface area (Å²) < 4.78 is 20.2. The number of thioether (sulfide) groups is 1. The number of methoxy groups -OCH3 is 2. The highest BCUT2D eigenvalue weighted by atomic mass is 32.2. The minimum atomic E-state index is -1.29. The number of ether oxygens (including phenoxy) is 4. The van der Waals surface area contributed by atoms with Crippen molar-refractivity contribution in [2.75, 3.05) is 27.1 Å². The number of hydrogen-bond acceptors (Lipinski definition) is 8. The fourth-order valence-electron chi connectivity index (χ4n) is 1.68. The van der Waals surface area contributed by atoms with E-state index in [2.05, 4.69) is 0 Å². The third kappa shape index (κ3) is 3.56. The van der Waals surface area contributed by atoms with Gasteiger partial charge < -0.3 is 29.2 Å². The lowest BCUT2D eigenvalue weighted by atomic mass is 9.99. The first-order valence-electron chi connectivity index (χ1n) is 5.33. The second kappa shape index (κ2) is 7.27. The summed E-state index contributed by atoms with van der Waals surface area (Å²) in [6.45, 7) is 0.0985. The third-order valence-electron chi connectivity index (χ3n) is 2.61. The predicted molar refractivity (Wildman–Crippen MR) is 63.3 cm³/mol. The van der Waals surface area contributed by atoms with E-state index in [9.17, 15) is 15.0 Å². The van der Waals surface area contributed by atoms with Gasteiger partial charge in [0.15, 0.2) is 12.4 Å². The average Bonchev–Trinajstić information content (AvgIpc) is 2.38. The molecule has 106 valence electrons. The fourth-order valence-corrected chi connectivity index (χ4v) is 1.89. The van der Waals surface area contributed by atoms with Gasteiger partial charge in [0, 0.05) is 14.2 Å². The van der Waals surface area contributed by atoms with Crippen LogP contribution in [0, 0.1) is 0 Å². The van der Waals surface area contributed by atoms with E-state index >= 15 is 0 Å². The van der Waals surface area contributed by atoms with Crippen LogP contribution in [0.25, 0.3) is 0 Å². The van der Waals surface area contributed by atoms with Crippen molar-refractivity contribution in [2.24, 2.45) is 0 Å². The first kappa shape index (κ1) is 15.7. The van der Waals surface area contributed by atoms with Gasteiger partial charge in [-0.05, 0) is 18.0 Å². The zero-order valence-corrected chi connectivity index (χ0v) is 11.3. The second-order valence-electron chi connectivity index (χ2n) is 3.75. The number of aliphatic hydroxyl groups is 2. The van der Waals surface area contributed by atoms with Crippen molar-refractivity contribution in [1.82, 2.24) is 0 Å². The molecule has 0 aliphatic carbocycles. The summed E-state index contributed by atoms with van der Waals surface area (Å²) in [5, 5.41) is 19.2. The Labute approximate surface area is 109 Å². The van der Waals surface area contributed by atoms with E-state index in [1.807, 2.05) is 0 Å². The van der Waals surface area contributed by atoms with E-state index in [1.54, 1.807) is 6.26 Å². The molecule has 0 aromatic carbocycles. The van der Waals surface area contributed by atoms with Gasteiger partial charge >= 0.3 is 5.30 Å². The molecular formula is C10H18O7S. The Morgan fingerprint density at radius 1 is 1.33 bits per heavy atom. The van der Waals surface area contributed by atoms with Gasteiger partial charge in [-0.1, -0.05) is 0 Å². The lowest BCUT2D eigenvalue weighted by molar-refractivity contribution is -0.293. The second-order valence-corrected chi connectivity index (χ2v) is 4.49. The first-order valence-corrected chi connectivity index (χ1v) is 6.55. The maximum Gasteiger partial charge on any atom is 0.367 e. The number of aliphatic hydroxyl groups excluding tert-OH is 2. The Bertz CT molecular complexity index is 273. The van der Waals surface area contributed by atoms with Crippen molar-refractivity contribution in [1.29, 1.82) is 0 Å². The Morgan fingerprint density at radius 2 is 2.00 bits per heavy atom. The monoisotopic (exact) mass is 282 g/mol. The predicted octanol–water partition coefficient (Wildman–Crippen LogP) is -0.406. The molecule has 1 fully saturated rings. The lowest BCUT2D eigenvalue weighted by Crippen LogP contribution is -2.60. The molecule has 0 spiro atoms. The van der Waals surface area contributed by atoms with Crippen LogP contribution in [0.1, 0.15) is 0 Å². The standard InChI is InChI=1S/C10H18O7S/c1-14-4-5-6(11)7(12)8(9(15-2)16-5)17-10(13)18-3/h5-9,11-12H,4H2,1-3H3. The van der Waals surface area contributed by atoms with Crippen LogP contribution in [-0.2, 0) is 18.9 Å². The molecule has 1 heterocycles. The van der Waals surface area contributed by atoms with Crippen molar-refractivity contribution >= 4 is 17.1 Å². The van der Waals surface area contributed by atoms with Crippen molar-refractivity contribution in [3.63, 3.8) is 0 Å². The largest absolute Gasteiger partial charge is 0.446 e. The summed E-state index contributed by atoms with van der Waals surface area (Å²) in [4.78, 5) is 11.2. The molecule has 0 aromatic rings. The molecule has 7 nitrogen and oxygen atoms in total. The summed E-state index contributed by atoms with van der Waals surface area (Å²) in [5.41, 5.74) is 0. The van der Waals surface area contributed by atoms with Crippen LogP contribution in [0.2, 0.25) is 0 Å². The number of carbonyl (C=O) groups excluding carboxylic acids is 1. The first-order chi connectivity index (χ1) is 8.54. The molecular weight excluding hydrogens is 264 g/mol. The molecule has 8 heteroatoms. The van der Waals surface area contributed by atoms with Crippen LogP contribution in [0.4, 0.5) is 4.79 Å². The van der Waals surface area contributed by atoms with E-state index in [0.29, 0.717) is 0 Å². The van der Waals surface area contributed by atoms with E-state index in [0.717, 1.165) is 11.8 Å². The summed E-state index contributed by atoms with van der Waals surface area (Å²) >= 11 is 0.856. The normalized spacial score (nSPS) is 36.4. The topological polar surface area (TPSA) is 94.5 Å². The quantitative estimate of drug-likeness (QED) is 0.672. The molecule has 1 rings (SSSR count). The molecule has 5 unspecified atom stereocenters. The van der Waals surface area contributed by atoms with Crippen molar-refractivity contribution in [3.05, 3.63) is 0 Å². The Kier molecular flexibility index (Phi) is 6.33. The smallest absolute Gasteiger partial charge is 0.367 e. The highest BCUT2D eigenvalue weighted by Gasteiger charge is 2.46. The Morgan fingerprint density at radius 3 is 2.50 bits per heavy atom. The van der Waals surface area contributed by atoms with E-state index in [1.165, 1.54) is 14.2 Å². The van der Waals surface area contributed by atoms with Crippen LogP contribution < -0.4 is 0 Å². The zero-order chi connectivity index (χ0) is 13.7. The fraction of sp³-hybridized carbons (Fsp3) is 0.900. The van der Waals surface area contributed by atoms with Gasteiger partial charge in [0.2, 0.25) is 0 Å². The Balaban J connectivity index is 2.74. The lowest BCUT2D eigenvalue weighted by Gasteiger charge is -2.40. The molecule has 0 saturated carbocycles. The number of carbonyl (C=O) groups is 1. The van der Waals surface area contributed by atoms with Crippen LogP contribution in [0.5, 0.6) is 0 Å². The average molecular weight is 282 g/mol. The van der Waals surface area contributed by atoms with E-state index in [4.69, 9.17) is 18.9 Å². The van der Waals surface area contributed by atoms with Gasteiger partial charge in [-0.2, -0.15) is 0 Å². The van der Waals surface area contributed by atoms with Gasteiger partial charge in [-0.15, -0.1) is 0 Å². The minimum Gasteiger partial charge on any atom is -0.446 e. The summed E-state index contributed by atoms with van der Waals surface area (Å²) in [6.07, 6.45) is -3.71. The number of rotatable bonds is 4. The van der Waals surface area contributed by atoms with Gasteiger partial charge in [0.05, 0.1) is 6.61 Å². The van der Waals surface area contributed by atoms with Gasteiger partial charge in [0.1, 0.15) is 18.3 Å². The molecule has 0 amide bonds. The highest BCUT2D eigenvalue weighted by Crippen LogP contribution is 2.25. The maximum absolute atomic E-state index is 11.2. The molecule has 0 aromatic heterocycles. The molecule has 5 atom stereocenters. The van der Waals surface area contributed by atoms with Crippen LogP contribution in [0.3, 0.4) is 0 Å². The maximum atomic E-state index is 11.2. The SMILES string of the molecule is COCC1OC(OC)C(OC(=O)SC)C(O)C1O.